The van der Waals surface area contributed by atoms with Gasteiger partial charge < -0.3 is 76.3 Å². The smallest absolute Gasteiger partial charge is 0.481 e. The number of hydrogen-bond donors (Lipinski definition) is 14. The van der Waals surface area contributed by atoms with E-state index in [9.17, 15) is 48.7 Å². The van der Waals surface area contributed by atoms with Crippen LogP contribution in [-0.4, -0.2) is 157 Å². The first kappa shape index (κ1) is 45.1. The van der Waals surface area contributed by atoms with Gasteiger partial charge in [-0.25, -0.2) is 18.7 Å². The second-order valence-electron chi connectivity index (χ2n) is 12.0. The van der Waals surface area contributed by atoms with E-state index in [2.05, 4.69) is 19.5 Å². The highest BCUT2D eigenvalue weighted by Gasteiger charge is 2.46. The summed E-state index contributed by atoms with van der Waals surface area (Å²) >= 11 is 1.87. The lowest BCUT2D eigenvalue weighted by atomic mass is 9.98. The molecule has 5 heterocycles. The van der Waals surface area contributed by atoms with E-state index < -0.39 is 101 Å². The van der Waals surface area contributed by atoms with Gasteiger partial charge in [-0.05, 0) is 12.8 Å². The van der Waals surface area contributed by atoms with Crippen LogP contribution in [0.4, 0.5) is 4.79 Å². The van der Waals surface area contributed by atoms with Crippen molar-refractivity contribution in [3.8, 4) is 0 Å². The number of carboxylic acid groups (broad SMARTS) is 1. The first-order valence-corrected chi connectivity index (χ1v) is 19.7. The summed E-state index contributed by atoms with van der Waals surface area (Å²) in [5, 5.41) is 70.6. The minimum absolute atomic E-state index is 0.0640. The van der Waals surface area contributed by atoms with Crippen LogP contribution in [-0.2, 0) is 32.2 Å². The maximum absolute atomic E-state index is 11.7. The lowest BCUT2D eigenvalue weighted by Crippen LogP contribution is -2.61. The van der Waals surface area contributed by atoms with E-state index >= 15 is 0 Å². The van der Waals surface area contributed by atoms with Gasteiger partial charge in [0.25, 0.3) is 5.56 Å². The summed E-state index contributed by atoms with van der Waals surface area (Å²) < 4.78 is 40.3. The van der Waals surface area contributed by atoms with E-state index in [1.807, 2.05) is 16.7 Å². The third kappa shape index (κ3) is 13.1. The summed E-state index contributed by atoms with van der Waals surface area (Å²) in [6.45, 7) is -1.37. The summed E-state index contributed by atoms with van der Waals surface area (Å²) in [4.78, 5) is 72.1. The number of nitrogens with zero attached hydrogens (tertiary/aromatic N) is 1. The van der Waals surface area contributed by atoms with E-state index in [4.69, 9.17) is 45.2 Å². The number of phosphoric acid groups is 2. The van der Waals surface area contributed by atoms with Gasteiger partial charge in [0.1, 0.15) is 36.6 Å². The van der Waals surface area contributed by atoms with Gasteiger partial charge in [-0.1, -0.05) is 6.42 Å². The number of ether oxygens (including phenoxy) is 2. The first-order valence-electron chi connectivity index (χ1n) is 15.7. The molecule has 13 atom stereocenters. The van der Waals surface area contributed by atoms with Gasteiger partial charge in [0.05, 0.1) is 31.3 Å². The lowest BCUT2D eigenvalue weighted by Gasteiger charge is -2.38. The number of aromatic amines is 1. The third-order valence-electron chi connectivity index (χ3n) is 8.09. The molecule has 4 aliphatic rings. The predicted molar refractivity (Wildman–Crippen MR) is 176 cm³/mol. The number of nitrogens with two attached hydrogens (primary N) is 1. The van der Waals surface area contributed by atoms with Crippen molar-refractivity contribution < 1.29 is 87.5 Å². The number of carbonyl (C=O) groups excluding carboxylic acids is 1. The molecule has 0 radical (unpaired) electrons. The quantitative estimate of drug-likeness (QED) is 0.0532. The Morgan fingerprint density at radius 2 is 1.64 bits per heavy atom. The van der Waals surface area contributed by atoms with Crippen LogP contribution < -0.4 is 27.6 Å². The molecule has 0 aliphatic carbocycles. The molecular weight excluding hydrogens is 784 g/mol. The van der Waals surface area contributed by atoms with Crippen LogP contribution >= 0.6 is 27.4 Å². The molecule has 28 heteroatoms. The number of carbonyl (C=O) groups is 2. The number of nitrogens with one attached hydrogen (secondary N) is 3. The number of aromatic nitrogens is 2. The SMILES string of the molecule is N[C@H]1C(O)O[C@H](CO)[C@H](O)[C@@H]1O.O=C(O)CCCC[C@@H]1SC[C@@H]2NC(=O)N[C@@H]21.O=c1ccn([C@@H]2O[C@H](COP(=O)(O)OP(=O)(O)O)[C@@H](O)[C@H]2O)c(=O)[nH]1. The molecule has 4 saturated heterocycles. The van der Waals surface area contributed by atoms with Crippen molar-refractivity contribution in [1.82, 2.24) is 20.2 Å². The highest BCUT2D eigenvalue weighted by atomic mass is 32.2. The molecule has 1 aromatic heterocycles. The molecule has 0 aromatic carbocycles. The molecule has 5 rings (SSSR count). The number of fused-ring (bicyclic) bond motifs is 1. The third-order valence-corrected chi connectivity index (χ3v) is 11.8. The molecule has 25 nitrogen and oxygen atoms in total. The van der Waals surface area contributed by atoms with Crippen LogP contribution in [0.5, 0.6) is 0 Å². The minimum atomic E-state index is -5.32. The van der Waals surface area contributed by atoms with Gasteiger partial charge in [0.15, 0.2) is 12.5 Å². The number of amides is 2. The van der Waals surface area contributed by atoms with E-state index in [0.717, 1.165) is 41.8 Å². The van der Waals surface area contributed by atoms with Gasteiger partial charge in [-0.2, -0.15) is 16.1 Å². The largest absolute Gasteiger partial charge is 0.481 e. The molecule has 0 bridgehead atoms. The van der Waals surface area contributed by atoms with Crippen molar-refractivity contribution in [3.63, 3.8) is 0 Å². The molecule has 0 saturated carbocycles. The molecule has 304 valence electrons. The van der Waals surface area contributed by atoms with Gasteiger partial charge in [-0.15, -0.1) is 0 Å². The number of aliphatic carboxylic acids is 1. The Morgan fingerprint density at radius 3 is 2.25 bits per heavy atom. The fraction of sp³-hybridized carbons (Fsp3) is 0.760. The van der Waals surface area contributed by atoms with Crippen LogP contribution in [0.15, 0.2) is 21.9 Å². The average Bonchev–Trinajstić information content (AvgIpc) is 3.70. The average molecular weight is 828 g/mol. The summed E-state index contributed by atoms with van der Waals surface area (Å²) in [7, 11) is -10.5. The highest BCUT2D eigenvalue weighted by Crippen LogP contribution is 2.57. The summed E-state index contributed by atoms with van der Waals surface area (Å²) in [6.07, 6.45) is -7.22. The zero-order valence-electron chi connectivity index (χ0n) is 27.4. The Bertz CT molecular complexity index is 1590. The van der Waals surface area contributed by atoms with Crippen molar-refractivity contribution in [2.24, 2.45) is 5.73 Å². The summed E-state index contributed by atoms with van der Waals surface area (Å²) in [5.41, 5.74) is 3.62. The Kier molecular flexibility index (Phi) is 16.6. The zero-order valence-corrected chi connectivity index (χ0v) is 30.0. The van der Waals surface area contributed by atoms with Crippen molar-refractivity contribution in [2.75, 3.05) is 19.0 Å². The number of H-pyrrole nitrogens is 1. The van der Waals surface area contributed by atoms with E-state index in [1.165, 1.54) is 0 Å². The number of thioether (sulfide) groups is 1. The number of aliphatic hydroxyl groups excluding tert-OH is 6. The molecule has 4 aliphatic heterocycles. The minimum Gasteiger partial charge on any atom is -0.481 e. The fourth-order valence-corrected chi connectivity index (χ4v) is 8.58. The number of unbranched alkanes of at least 4 members (excludes halogenated alkanes) is 1. The maximum atomic E-state index is 11.7. The number of urea groups is 1. The normalized spacial score (nSPS) is 34.7. The number of hydrogen-bond acceptors (Lipinski definition) is 18. The second kappa shape index (κ2) is 19.5. The van der Waals surface area contributed by atoms with Gasteiger partial charge in [-0.3, -0.25) is 23.7 Å². The van der Waals surface area contributed by atoms with Crippen LogP contribution in [0.3, 0.4) is 0 Å². The van der Waals surface area contributed by atoms with Crippen molar-refractivity contribution in [1.29, 1.82) is 0 Å². The Morgan fingerprint density at radius 1 is 0.981 bits per heavy atom. The molecule has 2 unspecified atom stereocenters. The standard InChI is InChI=1S/C10H16N2O3S.C9H14N2O12P2.C6H13NO5/c13-8(14)4-2-1-3-7-9-6(5-16-7)11-10(15)12-9;12-5-1-2-11(9(15)10-5)8-7(14)6(13)4(22-8)3-21-25(19,20)23-24(16,17)18;7-3-5(10)4(9)2(1-8)12-6(3)11/h6-7,9H,1-5H2,(H,13,14)(H2,11,12,15);1-2,4,6-8,13-14H,3H2,(H,19,20)(H,10,12,15)(H2,16,17,18);2-6,8-11H,1,7H2/t6-,7-,9-;4-,6-,7-,8-;2-,3-,4+,5-,6?/m011/s1. The second-order valence-corrected chi connectivity index (χ2v) is 16.1. The number of aliphatic hydroxyl groups is 6. The molecule has 4 fully saturated rings. The number of carboxylic acids is 1. The van der Waals surface area contributed by atoms with Crippen LogP contribution in [0.2, 0.25) is 0 Å². The molecule has 2 amide bonds. The van der Waals surface area contributed by atoms with Crippen LogP contribution in [0.1, 0.15) is 31.9 Å². The van der Waals surface area contributed by atoms with E-state index in [1.54, 1.807) is 0 Å². The van der Waals surface area contributed by atoms with E-state index in [-0.39, 0.29) is 24.5 Å². The Balaban J connectivity index is 0.000000231. The number of rotatable bonds is 12. The molecular formula is C25H43N5O20P2S. The topological polar surface area (TPSA) is 412 Å². The Labute approximate surface area is 302 Å². The molecule has 53 heavy (non-hydrogen) atoms. The van der Waals surface area contributed by atoms with E-state index in [0.29, 0.717) is 5.25 Å². The number of phosphoric ester groups is 1. The summed E-state index contributed by atoms with van der Waals surface area (Å²) in [5.74, 6) is 0.236. The van der Waals surface area contributed by atoms with Gasteiger partial charge in [0, 0.05) is 29.7 Å². The molecule has 15 N–H and O–H groups in total. The fourth-order valence-electron chi connectivity index (χ4n) is 5.43. The Hall–Kier alpha value is -2.33. The van der Waals surface area contributed by atoms with Crippen molar-refractivity contribution >= 4 is 39.4 Å². The molecule has 1 aromatic rings. The zero-order chi connectivity index (χ0) is 39.8. The molecule has 0 spiro atoms. The van der Waals surface area contributed by atoms with Crippen LogP contribution in [0, 0.1) is 0 Å². The first-order chi connectivity index (χ1) is 24.6. The van der Waals surface area contributed by atoms with Gasteiger partial charge >= 0.3 is 33.3 Å². The predicted octanol–water partition coefficient (Wildman–Crippen LogP) is -5.08. The monoisotopic (exact) mass is 827 g/mol. The highest BCUT2D eigenvalue weighted by molar-refractivity contribution is 8.00. The maximum Gasteiger partial charge on any atom is 0.481 e. The lowest BCUT2D eigenvalue weighted by molar-refractivity contribution is -0.248. The van der Waals surface area contributed by atoms with Gasteiger partial charge in [0.2, 0.25) is 0 Å². The van der Waals surface area contributed by atoms with Crippen molar-refractivity contribution in [3.05, 3.63) is 33.1 Å². The summed E-state index contributed by atoms with van der Waals surface area (Å²) in [6, 6.07) is 0.363. The van der Waals surface area contributed by atoms with Crippen LogP contribution in [0.25, 0.3) is 0 Å². The van der Waals surface area contributed by atoms with Crippen molar-refractivity contribution in [2.45, 2.75) is 98.2 Å².